The molecule has 0 spiro atoms. The van der Waals surface area contributed by atoms with Gasteiger partial charge in [0.2, 0.25) is 0 Å². The van der Waals surface area contributed by atoms with Crippen LogP contribution in [-0.2, 0) is 0 Å². The molecule has 0 atom stereocenters. The van der Waals surface area contributed by atoms with Crippen molar-refractivity contribution >= 4 is 17.7 Å². The summed E-state index contributed by atoms with van der Waals surface area (Å²) >= 11 is 2.19. The predicted molar refractivity (Wildman–Crippen MR) is 59.1 cm³/mol. The summed E-state index contributed by atoms with van der Waals surface area (Å²) in [7, 11) is 0. The van der Waals surface area contributed by atoms with Crippen LogP contribution in [0.3, 0.4) is 0 Å². The molecule has 0 rings (SSSR count). The van der Waals surface area contributed by atoms with Gasteiger partial charge in [0.1, 0.15) is 0 Å². The minimum absolute atomic E-state index is 0. The Kier molecular flexibility index (Phi) is 14.7. The molecular weight excluding hydrogens is 148 g/mol. The fourth-order valence-electron chi connectivity index (χ4n) is 0.596. The molecule has 0 aliphatic carbocycles. The van der Waals surface area contributed by atoms with Gasteiger partial charge in [-0.25, -0.2) is 0 Å². The topological polar surface area (TPSA) is 14.1 Å². The van der Waals surface area contributed by atoms with E-state index >= 15 is 0 Å². The minimum atomic E-state index is 0. The maximum absolute atomic E-state index is 4.28. The van der Waals surface area contributed by atoms with Crippen LogP contribution in [-0.4, -0.2) is 29.8 Å². The van der Waals surface area contributed by atoms with Crippen molar-refractivity contribution in [1.29, 1.82) is 0 Å². The van der Waals surface area contributed by atoms with E-state index in [1.165, 1.54) is 0 Å². The van der Waals surface area contributed by atoms with Crippen molar-refractivity contribution in [3.63, 3.8) is 0 Å². The third-order valence-corrected chi connectivity index (χ3v) is 0.596. The van der Waals surface area contributed by atoms with Gasteiger partial charge in [-0.15, -0.1) is 12.1 Å². The van der Waals surface area contributed by atoms with Crippen molar-refractivity contribution in [2.24, 2.45) is 0 Å². The monoisotopic (exact) mass is 171 g/mol. The van der Waals surface area contributed by atoms with Gasteiger partial charge in [-0.1, -0.05) is 27.7 Å². The summed E-state index contributed by atoms with van der Waals surface area (Å²) in [6, 6.07) is 1.000. The zero-order valence-electron chi connectivity index (χ0n) is 11.1. The van der Waals surface area contributed by atoms with Crippen molar-refractivity contribution in [1.82, 2.24) is 0 Å². The number of rotatable bonds is 2. The van der Waals surface area contributed by atoms with Crippen LogP contribution >= 0.6 is 0 Å². The fraction of sp³-hybridized carbons (Fsp3) is 1.00. The van der Waals surface area contributed by atoms with Crippen LogP contribution in [0.15, 0.2) is 0 Å². The molecule has 0 saturated carbocycles. The zero-order chi connectivity index (χ0) is 10.4. The Labute approximate surface area is 106 Å². The van der Waals surface area contributed by atoms with Gasteiger partial charge in [0.25, 0.3) is 0 Å². The van der Waals surface area contributed by atoms with Gasteiger partial charge < -0.3 is 5.32 Å². The van der Waals surface area contributed by atoms with Crippen molar-refractivity contribution < 1.29 is 18.9 Å². The summed E-state index contributed by atoms with van der Waals surface area (Å²) < 4.78 is 0.500. The van der Waals surface area contributed by atoms with E-state index in [1.807, 2.05) is 0 Å². The Balaban J connectivity index is -0.000000150. The molecule has 1 nitrogen and oxygen atoms in total. The number of hydrogen-bond donors (Lipinski definition) is 0. The predicted octanol–water partition coefficient (Wildman–Crippen LogP) is 0.554. The Bertz CT molecular complexity index is 83.6. The van der Waals surface area contributed by atoms with E-state index in [0.29, 0.717) is 16.2 Å². The Morgan fingerprint density at radius 3 is 1.08 bits per heavy atom. The molecule has 0 fully saturated rings. The molecule has 0 bridgehead atoms. The molecule has 13 heavy (non-hydrogen) atoms. The third kappa shape index (κ3) is 61.6. The Morgan fingerprint density at radius 1 is 0.923 bits per heavy atom. The summed E-state index contributed by atoms with van der Waals surface area (Å²) in [5.74, 6) is 0. The van der Waals surface area contributed by atoms with Crippen LogP contribution in [0.2, 0.25) is 4.09 Å². The van der Waals surface area contributed by atoms with Crippen LogP contribution in [0.5, 0.6) is 0 Å². The Hall–Kier alpha value is 1.15. The first kappa shape index (κ1) is 19.7. The summed E-state index contributed by atoms with van der Waals surface area (Å²) in [4.78, 5) is 0. The van der Waals surface area contributed by atoms with Gasteiger partial charge >= 0.3 is 61.4 Å². The van der Waals surface area contributed by atoms with E-state index in [2.05, 4.69) is 71.5 Å². The maximum atomic E-state index is 4.28. The first-order valence-electron chi connectivity index (χ1n) is 4.83. The quantitative estimate of drug-likeness (QED) is 0.539. The molecule has 0 aliphatic heterocycles. The fourth-order valence-corrected chi connectivity index (χ4v) is 0.596. The Morgan fingerprint density at radius 2 is 1.08 bits per heavy atom. The molecule has 0 aromatic carbocycles. The van der Waals surface area contributed by atoms with Crippen LogP contribution in [0.25, 0.3) is 5.32 Å². The zero-order valence-corrected chi connectivity index (χ0v) is 11.1. The molecule has 0 aliphatic rings. The van der Waals surface area contributed by atoms with Crippen LogP contribution in [0, 0.1) is 0 Å². The second-order valence-corrected chi connectivity index (χ2v) is 5.34. The standard InChI is InChI=1S/C6H14N.C4H9.2Li/c1-5(2)7-6(3)4;1-4(2)3;;/h5-6H,1-4H3;1-3H3;;/q-1;;;+1. The number of hydrogen-bond acceptors (Lipinski definition) is 0. The van der Waals surface area contributed by atoms with Gasteiger partial charge in [-0.3, -0.25) is 0 Å². The van der Waals surface area contributed by atoms with Gasteiger partial charge in [0.15, 0.2) is 0 Å². The van der Waals surface area contributed by atoms with Crippen molar-refractivity contribution in [3.05, 3.63) is 5.32 Å². The molecule has 70 valence electrons. The molecule has 0 saturated heterocycles. The summed E-state index contributed by atoms with van der Waals surface area (Å²) in [6.45, 7) is 15.0. The van der Waals surface area contributed by atoms with Crippen LogP contribution in [0.1, 0.15) is 48.5 Å². The summed E-state index contributed by atoms with van der Waals surface area (Å²) in [6.07, 6.45) is 0. The number of nitrogens with zero attached hydrogens (tertiary/aromatic N) is 1. The van der Waals surface area contributed by atoms with Crippen LogP contribution in [0.4, 0.5) is 0 Å². The van der Waals surface area contributed by atoms with Gasteiger partial charge in [0.05, 0.1) is 0 Å². The summed E-state index contributed by atoms with van der Waals surface area (Å²) in [5, 5.41) is 4.28. The van der Waals surface area contributed by atoms with Crippen LogP contribution < -0.4 is 18.9 Å². The second kappa shape index (κ2) is 9.70. The van der Waals surface area contributed by atoms with E-state index in [0.717, 1.165) is 0 Å². The third-order valence-electron chi connectivity index (χ3n) is 0.596. The molecule has 0 radical (unpaired) electrons. The van der Waals surface area contributed by atoms with Crippen molar-refractivity contribution in [3.8, 4) is 0 Å². The van der Waals surface area contributed by atoms with E-state index in [4.69, 9.17) is 0 Å². The first-order chi connectivity index (χ1) is 5.13. The molecule has 0 heterocycles. The average Bonchev–Trinajstić information content (AvgIpc) is 1.52. The first-order valence-corrected chi connectivity index (χ1v) is 4.83. The molecular formula is C10H23Li2N. The normalized spacial score (nSPS) is 10.7. The molecule has 0 amide bonds. The molecule has 0 unspecified atom stereocenters. The van der Waals surface area contributed by atoms with E-state index in [-0.39, 0.29) is 18.9 Å². The second-order valence-electron chi connectivity index (χ2n) is 5.34. The SMILES string of the molecule is CC(C)[N-]C(C)C.[Li+].[Li][C](C)(C)C. The van der Waals surface area contributed by atoms with Crippen molar-refractivity contribution in [2.75, 3.05) is 0 Å². The molecule has 3 heteroatoms. The summed E-state index contributed by atoms with van der Waals surface area (Å²) in [5.41, 5.74) is 0. The van der Waals surface area contributed by atoms with E-state index < -0.39 is 0 Å². The van der Waals surface area contributed by atoms with Gasteiger partial charge in [0, 0.05) is 0 Å². The van der Waals surface area contributed by atoms with Gasteiger partial charge in [-0.2, -0.15) is 0 Å². The van der Waals surface area contributed by atoms with Crippen molar-refractivity contribution in [2.45, 2.75) is 64.6 Å². The average molecular weight is 171 g/mol. The molecule has 0 N–H and O–H groups in total. The van der Waals surface area contributed by atoms with Gasteiger partial charge in [-0.05, 0) is 0 Å². The van der Waals surface area contributed by atoms with E-state index in [1.54, 1.807) is 0 Å². The molecule has 0 aromatic heterocycles. The molecule has 0 aromatic rings. The van der Waals surface area contributed by atoms with E-state index in [9.17, 15) is 0 Å².